The van der Waals surface area contributed by atoms with Gasteiger partial charge in [-0.15, -0.1) is 0 Å². The molecule has 0 spiro atoms. The molecule has 2 heterocycles. The number of hydrogen-bond donors (Lipinski definition) is 2. The molecule has 0 bridgehead atoms. The second kappa shape index (κ2) is 13.4. The number of halogens is 2. The Balaban J connectivity index is 0.000000442. The van der Waals surface area contributed by atoms with E-state index < -0.39 is 6.17 Å². The van der Waals surface area contributed by atoms with Crippen LogP contribution in [0.2, 0.25) is 10.0 Å². The van der Waals surface area contributed by atoms with Gasteiger partial charge in [0.2, 0.25) is 0 Å². The smallest absolute Gasteiger partial charge is 0.267 e. The quantitative estimate of drug-likeness (QED) is 0.182. The lowest BCUT2D eigenvalue weighted by atomic mass is 10.1. The molecule has 1 aromatic heterocycles. The van der Waals surface area contributed by atoms with Crippen LogP contribution < -0.4 is 20.1 Å². The van der Waals surface area contributed by atoms with Crippen LogP contribution in [0.3, 0.4) is 0 Å². The van der Waals surface area contributed by atoms with Gasteiger partial charge in [-0.2, -0.15) is 0 Å². The molecule has 10 heteroatoms. The molecular weight excluding hydrogens is 609 g/mol. The Kier molecular flexibility index (Phi) is 9.49. The molecule has 1 unspecified atom stereocenters. The number of methoxy groups -OCH3 is 1. The number of nitrogens with one attached hydrogen (secondary N) is 2. The zero-order chi connectivity index (χ0) is 29.6. The van der Waals surface area contributed by atoms with Crippen molar-refractivity contribution in [1.82, 2.24) is 9.88 Å². The van der Waals surface area contributed by atoms with Crippen molar-refractivity contribution >= 4 is 58.5 Å². The minimum Gasteiger partial charge on any atom is -0.493 e. The van der Waals surface area contributed by atoms with Crippen molar-refractivity contribution in [2.75, 3.05) is 12.4 Å². The molecule has 2 N–H and O–H groups in total. The van der Waals surface area contributed by atoms with Gasteiger partial charge in [0.1, 0.15) is 23.5 Å². The molecule has 1 amide bonds. The van der Waals surface area contributed by atoms with Gasteiger partial charge in [-0.3, -0.25) is 9.36 Å². The van der Waals surface area contributed by atoms with E-state index in [-0.39, 0.29) is 12.5 Å². The van der Waals surface area contributed by atoms with E-state index in [1.54, 1.807) is 25.3 Å². The Labute approximate surface area is 263 Å². The number of nitrogens with zero attached hydrogens (tertiary/aromatic N) is 1. The summed E-state index contributed by atoms with van der Waals surface area (Å²) in [5.41, 5.74) is 3.81. The molecular formula is C32H27Cl2N3O3S2. The number of anilines is 1. The molecule has 6 nitrogen and oxygen atoms in total. The number of rotatable bonds is 6. The number of fused-ring (bicyclic) bond motifs is 1. The summed E-state index contributed by atoms with van der Waals surface area (Å²) in [5, 5.41) is 7.51. The Morgan fingerprint density at radius 2 is 1.62 bits per heavy atom. The fourth-order valence-electron chi connectivity index (χ4n) is 4.32. The number of para-hydroxylation sites is 1. The maximum absolute atomic E-state index is 12.9. The van der Waals surface area contributed by atoms with Crippen molar-refractivity contribution in [1.29, 1.82) is 0 Å². The first-order chi connectivity index (χ1) is 20.3. The Hall–Kier alpha value is -3.82. The highest BCUT2D eigenvalue weighted by Crippen LogP contribution is 2.37. The first-order valence-corrected chi connectivity index (χ1v) is 15.0. The monoisotopic (exact) mass is 635 g/mol. The summed E-state index contributed by atoms with van der Waals surface area (Å²) in [4.78, 5) is 13.5. The average molecular weight is 637 g/mol. The Bertz CT molecular complexity index is 1760. The molecule has 4 aromatic carbocycles. The Morgan fingerprint density at radius 1 is 0.905 bits per heavy atom. The molecule has 5 aromatic rings. The van der Waals surface area contributed by atoms with Crippen molar-refractivity contribution in [2.24, 2.45) is 0 Å². The summed E-state index contributed by atoms with van der Waals surface area (Å²) in [6.07, 6.45) is -0.484. The fraction of sp³-hybridized carbons (Fsp3) is 0.125. The van der Waals surface area contributed by atoms with Crippen LogP contribution in [0.25, 0.3) is 5.69 Å². The number of ether oxygens (including phenoxy) is 2. The summed E-state index contributed by atoms with van der Waals surface area (Å²) >= 11 is 19.1. The van der Waals surface area contributed by atoms with Crippen LogP contribution in [0.4, 0.5) is 5.82 Å². The summed E-state index contributed by atoms with van der Waals surface area (Å²) in [7, 11) is 1.57. The maximum Gasteiger partial charge on any atom is 0.267 e. The highest BCUT2D eigenvalue weighted by Gasteiger charge is 2.30. The molecule has 0 radical (unpaired) electrons. The average Bonchev–Trinajstić information content (AvgIpc) is 3.34. The van der Waals surface area contributed by atoms with Crippen molar-refractivity contribution in [3.8, 4) is 17.2 Å². The number of carbonyl (C=O) groups is 1. The summed E-state index contributed by atoms with van der Waals surface area (Å²) < 4.78 is 14.0. The number of aromatic nitrogens is 1. The van der Waals surface area contributed by atoms with Crippen LogP contribution in [0, 0.1) is 10.9 Å². The van der Waals surface area contributed by atoms with E-state index in [1.807, 2.05) is 71.3 Å². The standard InChI is InChI=1S/C25H19Cl2N3O3S2.C7H8/c1-32-20-11-14(8-10-19(20)33-13-15-7-9-16(26)12-18(15)27)22-28-23-21(24(31)29-22)35-25(34)30(23)17-5-3-2-4-6-17;1-7-5-3-2-4-6-7/h2-12,22,28H,13H2,1H3,(H,29,31);2-6H,1H3. The zero-order valence-corrected chi connectivity index (χ0v) is 25.9. The SMILES string of the molecule is COc1cc(C2NC(=O)c3sc(=S)n(-c4ccccc4)c3N2)ccc1OCc1ccc(Cl)cc1Cl.Cc1ccccc1. The van der Waals surface area contributed by atoms with Gasteiger partial charge in [-0.25, -0.2) is 0 Å². The lowest BCUT2D eigenvalue weighted by Gasteiger charge is -2.27. The van der Waals surface area contributed by atoms with Crippen LogP contribution in [0.1, 0.15) is 32.5 Å². The van der Waals surface area contributed by atoms with E-state index >= 15 is 0 Å². The van der Waals surface area contributed by atoms with E-state index in [4.69, 9.17) is 44.9 Å². The van der Waals surface area contributed by atoms with Crippen LogP contribution in [-0.2, 0) is 6.61 Å². The molecule has 0 saturated carbocycles. The lowest BCUT2D eigenvalue weighted by molar-refractivity contribution is 0.0939. The van der Waals surface area contributed by atoms with E-state index in [0.29, 0.717) is 36.2 Å². The van der Waals surface area contributed by atoms with Crippen LogP contribution >= 0.6 is 46.8 Å². The van der Waals surface area contributed by atoms with E-state index in [2.05, 4.69) is 29.7 Å². The second-order valence-corrected chi connectivity index (χ2v) is 11.8. The molecule has 1 atom stereocenters. The maximum atomic E-state index is 12.9. The molecule has 0 fully saturated rings. The van der Waals surface area contributed by atoms with Crippen molar-refractivity contribution in [3.05, 3.63) is 133 Å². The van der Waals surface area contributed by atoms with Crippen LogP contribution in [-0.4, -0.2) is 17.6 Å². The Morgan fingerprint density at radius 3 is 2.26 bits per heavy atom. The molecule has 6 rings (SSSR count). The van der Waals surface area contributed by atoms with Gasteiger partial charge in [0.05, 0.1) is 7.11 Å². The molecule has 214 valence electrons. The van der Waals surface area contributed by atoms with Gasteiger partial charge in [-0.05, 0) is 61.1 Å². The third-order valence-corrected chi connectivity index (χ3v) is 8.41. The zero-order valence-electron chi connectivity index (χ0n) is 22.8. The molecule has 0 aliphatic carbocycles. The number of carbonyl (C=O) groups excluding carboxylic acids is 1. The molecule has 42 heavy (non-hydrogen) atoms. The van der Waals surface area contributed by atoms with E-state index in [1.165, 1.54) is 16.9 Å². The van der Waals surface area contributed by atoms with Gasteiger partial charge < -0.3 is 20.1 Å². The van der Waals surface area contributed by atoms with Gasteiger partial charge in [0, 0.05) is 21.3 Å². The minimum absolute atomic E-state index is 0.189. The number of thiazole rings is 1. The highest BCUT2D eigenvalue weighted by atomic mass is 35.5. The summed E-state index contributed by atoms with van der Waals surface area (Å²) in [6.45, 7) is 2.33. The highest BCUT2D eigenvalue weighted by molar-refractivity contribution is 7.73. The third kappa shape index (κ3) is 6.79. The van der Waals surface area contributed by atoms with Gasteiger partial charge >= 0.3 is 0 Å². The first kappa shape index (κ1) is 29.7. The lowest BCUT2D eigenvalue weighted by Crippen LogP contribution is -2.38. The van der Waals surface area contributed by atoms with Crippen molar-refractivity contribution in [2.45, 2.75) is 19.7 Å². The first-order valence-electron chi connectivity index (χ1n) is 13.0. The normalized spacial score (nSPS) is 13.6. The second-order valence-electron chi connectivity index (χ2n) is 9.36. The topological polar surface area (TPSA) is 64.5 Å². The van der Waals surface area contributed by atoms with Crippen molar-refractivity contribution < 1.29 is 14.3 Å². The number of amides is 1. The van der Waals surface area contributed by atoms with E-state index in [0.717, 1.165) is 16.8 Å². The predicted molar refractivity (Wildman–Crippen MR) is 173 cm³/mol. The minimum atomic E-state index is -0.484. The number of benzene rings is 4. The van der Waals surface area contributed by atoms with Gasteiger partial charge in [-0.1, -0.05) is 101 Å². The predicted octanol–water partition coefficient (Wildman–Crippen LogP) is 9.01. The van der Waals surface area contributed by atoms with Gasteiger partial charge in [0.25, 0.3) is 5.91 Å². The number of aryl methyl sites for hydroxylation is 1. The fourth-order valence-corrected chi connectivity index (χ4v) is 6.09. The van der Waals surface area contributed by atoms with E-state index in [9.17, 15) is 4.79 Å². The van der Waals surface area contributed by atoms with Crippen LogP contribution in [0.5, 0.6) is 11.5 Å². The molecule has 1 aliphatic rings. The van der Waals surface area contributed by atoms with Gasteiger partial charge in [0.15, 0.2) is 15.5 Å². The summed E-state index contributed by atoms with van der Waals surface area (Å²) in [6, 6.07) is 30.7. The molecule has 1 aliphatic heterocycles. The number of hydrogen-bond acceptors (Lipinski definition) is 6. The van der Waals surface area contributed by atoms with Crippen LogP contribution in [0.15, 0.2) is 97.1 Å². The molecule has 0 saturated heterocycles. The largest absolute Gasteiger partial charge is 0.493 e. The summed E-state index contributed by atoms with van der Waals surface area (Å²) in [5.74, 6) is 1.55. The van der Waals surface area contributed by atoms with Crippen molar-refractivity contribution in [3.63, 3.8) is 0 Å². The third-order valence-electron chi connectivity index (χ3n) is 6.45.